The van der Waals surface area contributed by atoms with E-state index in [1.165, 1.54) is 0 Å². The third-order valence-corrected chi connectivity index (χ3v) is 2.16. The van der Waals surface area contributed by atoms with Crippen LogP contribution in [0.5, 0.6) is 0 Å². The molecule has 78 valence electrons. The number of methoxy groups -OCH3 is 1. The predicted molar refractivity (Wildman–Crippen MR) is 53.1 cm³/mol. The van der Waals surface area contributed by atoms with Crippen molar-refractivity contribution < 1.29 is 13.9 Å². The van der Waals surface area contributed by atoms with E-state index in [-0.39, 0.29) is 11.4 Å². The van der Waals surface area contributed by atoms with Gasteiger partial charge in [-0.05, 0) is 25.5 Å². The first-order valence-corrected chi connectivity index (χ1v) is 4.61. The fourth-order valence-electron chi connectivity index (χ4n) is 1.23. The highest BCUT2D eigenvalue weighted by molar-refractivity contribution is 5.81. The van der Waals surface area contributed by atoms with Crippen LogP contribution in [0.2, 0.25) is 0 Å². The summed E-state index contributed by atoms with van der Waals surface area (Å²) in [6.45, 7) is 3.81. The molecular weight excluding hydrogens is 180 g/mol. The van der Waals surface area contributed by atoms with Crippen molar-refractivity contribution in [3.8, 4) is 0 Å². The first-order valence-electron chi connectivity index (χ1n) is 4.61. The maximum Gasteiger partial charge on any atom is 0.140 e. The molecule has 0 bridgehead atoms. The number of carbonyl (C=O) groups is 1. The Labute approximate surface area is 84.1 Å². The molecule has 14 heavy (non-hydrogen) atoms. The highest BCUT2D eigenvalue weighted by Crippen LogP contribution is 2.15. The Morgan fingerprint density at radius 1 is 1.57 bits per heavy atom. The van der Waals surface area contributed by atoms with Gasteiger partial charge in [0.25, 0.3) is 0 Å². The number of rotatable bonds is 5. The van der Waals surface area contributed by atoms with Crippen LogP contribution in [0, 0.1) is 0 Å². The van der Waals surface area contributed by atoms with Crippen LogP contribution in [0.25, 0.3) is 0 Å². The van der Waals surface area contributed by atoms with Gasteiger partial charge in [-0.15, -0.1) is 0 Å². The topological polar surface area (TPSA) is 39.4 Å². The maximum atomic E-state index is 11.6. The predicted octanol–water partition coefficient (Wildman–Crippen LogP) is 2.21. The van der Waals surface area contributed by atoms with Gasteiger partial charge in [-0.1, -0.05) is 0 Å². The van der Waals surface area contributed by atoms with Crippen LogP contribution in [0.1, 0.15) is 25.8 Å². The molecule has 0 unspecified atom stereocenters. The van der Waals surface area contributed by atoms with Crippen molar-refractivity contribution in [1.29, 1.82) is 0 Å². The van der Waals surface area contributed by atoms with Gasteiger partial charge < -0.3 is 9.15 Å². The average molecular weight is 196 g/mol. The zero-order chi connectivity index (χ0) is 10.6. The van der Waals surface area contributed by atoms with Crippen LogP contribution in [-0.4, -0.2) is 18.5 Å². The van der Waals surface area contributed by atoms with Crippen molar-refractivity contribution in [2.45, 2.75) is 32.3 Å². The van der Waals surface area contributed by atoms with Crippen molar-refractivity contribution in [3.63, 3.8) is 0 Å². The molecule has 1 aromatic rings. The lowest BCUT2D eigenvalue weighted by Gasteiger charge is -2.21. The van der Waals surface area contributed by atoms with E-state index < -0.39 is 0 Å². The zero-order valence-electron chi connectivity index (χ0n) is 8.87. The quantitative estimate of drug-likeness (QED) is 0.724. The number of carbonyl (C=O) groups excluding carboxylic acids is 1. The van der Waals surface area contributed by atoms with Gasteiger partial charge >= 0.3 is 0 Å². The molecule has 0 fully saturated rings. The van der Waals surface area contributed by atoms with Gasteiger partial charge in [0.1, 0.15) is 5.78 Å². The van der Waals surface area contributed by atoms with Crippen LogP contribution in [0.15, 0.2) is 23.0 Å². The molecule has 0 spiro atoms. The summed E-state index contributed by atoms with van der Waals surface area (Å²) in [5.41, 5.74) is 0.544. The Morgan fingerprint density at radius 3 is 2.79 bits per heavy atom. The van der Waals surface area contributed by atoms with E-state index in [4.69, 9.17) is 9.15 Å². The summed E-state index contributed by atoms with van der Waals surface area (Å²) in [7, 11) is 1.62. The Hall–Kier alpha value is -1.09. The molecule has 3 nitrogen and oxygen atoms in total. The van der Waals surface area contributed by atoms with Crippen molar-refractivity contribution in [3.05, 3.63) is 24.2 Å². The molecule has 1 aromatic heterocycles. The molecule has 1 heterocycles. The minimum Gasteiger partial charge on any atom is -0.472 e. The number of Topliss-reactive ketones (excluding diaryl/α,β-unsaturated/α-hetero) is 1. The van der Waals surface area contributed by atoms with E-state index in [0.29, 0.717) is 12.8 Å². The second kappa shape index (κ2) is 4.42. The van der Waals surface area contributed by atoms with Gasteiger partial charge in [-0.3, -0.25) is 4.79 Å². The zero-order valence-corrected chi connectivity index (χ0v) is 8.87. The van der Waals surface area contributed by atoms with Gasteiger partial charge in [-0.25, -0.2) is 0 Å². The molecule has 3 heteroatoms. The van der Waals surface area contributed by atoms with Crippen molar-refractivity contribution in [2.24, 2.45) is 0 Å². The number of furan rings is 1. The largest absolute Gasteiger partial charge is 0.472 e. The monoisotopic (exact) mass is 196 g/mol. The molecule has 0 aromatic carbocycles. The first kappa shape index (κ1) is 11.0. The van der Waals surface area contributed by atoms with E-state index in [2.05, 4.69) is 0 Å². The molecule has 0 aliphatic heterocycles. The Kier molecular flexibility index (Phi) is 3.47. The molecule has 1 rings (SSSR count). The number of ketones is 1. The Balaban J connectivity index is 2.44. The molecule has 0 aliphatic carbocycles. The maximum absolute atomic E-state index is 11.6. The first-order chi connectivity index (χ1) is 6.53. The summed E-state index contributed by atoms with van der Waals surface area (Å²) in [6, 6.07) is 1.80. The molecule has 0 saturated carbocycles. The lowest BCUT2D eigenvalue weighted by molar-refractivity contribution is -0.123. The lowest BCUT2D eigenvalue weighted by Crippen LogP contribution is -2.27. The summed E-state index contributed by atoms with van der Waals surface area (Å²) in [5, 5.41) is 0. The molecule has 0 aliphatic rings. The summed E-state index contributed by atoms with van der Waals surface area (Å²) in [5.74, 6) is 0.165. The molecule has 0 radical (unpaired) electrons. The molecule has 0 N–H and O–H groups in total. The van der Waals surface area contributed by atoms with Gasteiger partial charge in [0.2, 0.25) is 0 Å². The smallest absolute Gasteiger partial charge is 0.140 e. The van der Waals surface area contributed by atoms with Gasteiger partial charge in [-0.2, -0.15) is 0 Å². The summed E-state index contributed by atoms with van der Waals surface area (Å²) < 4.78 is 10.1. The number of ether oxygens (including phenoxy) is 1. The van der Waals surface area contributed by atoms with Crippen LogP contribution in [-0.2, 0) is 16.0 Å². The normalized spacial score (nSPS) is 11.6. The van der Waals surface area contributed by atoms with Crippen LogP contribution in [0.4, 0.5) is 0 Å². The lowest BCUT2D eigenvalue weighted by atomic mass is 9.98. The van der Waals surface area contributed by atoms with Gasteiger partial charge in [0, 0.05) is 20.0 Å². The van der Waals surface area contributed by atoms with E-state index in [1.54, 1.807) is 25.7 Å². The molecule has 0 amide bonds. The Bertz CT molecular complexity index is 285. The van der Waals surface area contributed by atoms with Crippen molar-refractivity contribution >= 4 is 5.78 Å². The minimum atomic E-state index is -0.374. The second-order valence-electron chi connectivity index (χ2n) is 3.99. The van der Waals surface area contributed by atoms with E-state index in [0.717, 1.165) is 5.56 Å². The van der Waals surface area contributed by atoms with Gasteiger partial charge in [0.15, 0.2) is 0 Å². The van der Waals surface area contributed by atoms with Crippen molar-refractivity contribution in [2.75, 3.05) is 7.11 Å². The van der Waals surface area contributed by atoms with Crippen LogP contribution < -0.4 is 0 Å². The van der Waals surface area contributed by atoms with E-state index in [9.17, 15) is 4.79 Å². The second-order valence-corrected chi connectivity index (χ2v) is 3.99. The summed E-state index contributed by atoms with van der Waals surface area (Å²) >= 11 is 0. The fraction of sp³-hybridized carbons (Fsp3) is 0.545. The van der Waals surface area contributed by atoms with E-state index >= 15 is 0 Å². The highest BCUT2D eigenvalue weighted by atomic mass is 16.5. The van der Waals surface area contributed by atoms with Crippen LogP contribution in [0.3, 0.4) is 0 Å². The van der Waals surface area contributed by atoms with Crippen molar-refractivity contribution in [1.82, 2.24) is 0 Å². The summed E-state index contributed by atoms with van der Waals surface area (Å²) in [6.07, 6.45) is 4.01. The molecule has 0 saturated heterocycles. The number of hydrogen-bond acceptors (Lipinski definition) is 3. The summed E-state index contributed by atoms with van der Waals surface area (Å²) in [4.78, 5) is 11.6. The van der Waals surface area contributed by atoms with Crippen LogP contribution >= 0.6 is 0 Å². The Morgan fingerprint density at radius 2 is 2.29 bits per heavy atom. The molecule has 0 atom stereocenters. The minimum absolute atomic E-state index is 0.165. The number of hydrogen-bond donors (Lipinski definition) is 0. The third kappa shape index (κ3) is 3.34. The molecular formula is C11H16O3. The standard InChI is InChI=1S/C11H16O3/c1-11(2,13-3)7-10(12)6-9-4-5-14-8-9/h4-5,8H,6-7H2,1-3H3. The van der Waals surface area contributed by atoms with Gasteiger partial charge in [0.05, 0.1) is 18.1 Å². The third-order valence-electron chi connectivity index (χ3n) is 2.16. The fourth-order valence-corrected chi connectivity index (χ4v) is 1.23. The highest BCUT2D eigenvalue weighted by Gasteiger charge is 2.20. The average Bonchev–Trinajstić information content (AvgIpc) is 2.55. The van der Waals surface area contributed by atoms with E-state index in [1.807, 2.05) is 13.8 Å². The SMILES string of the molecule is COC(C)(C)CC(=O)Cc1ccoc1.